The lowest BCUT2D eigenvalue weighted by molar-refractivity contribution is -0.0567. The molecule has 5 nitrogen and oxygen atoms in total. The highest BCUT2D eigenvalue weighted by molar-refractivity contribution is 5.97. The molecule has 0 unspecified atom stereocenters. The van der Waals surface area contributed by atoms with Crippen molar-refractivity contribution in [3.8, 4) is 5.75 Å². The van der Waals surface area contributed by atoms with Gasteiger partial charge in [0.25, 0.3) is 5.91 Å². The van der Waals surface area contributed by atoms with Gasteiger partial charge in [-0.2, -0.15) is 0 Å². The second-order valence-electron chi connectivity index (χ2n) is 6.60. The van der Waals surface area contributed by atoms with Crippen LogP contribution < -0.4 is 10.1 Å². The van der Waals surface area contributed by atoms with Gasteiger partial charge in [-0.15, -0.1) is 0 Å². The summed E-state index contributed by atoms with van der Waals surface area (Å²) in [5.74, 6) is 1.22. The van der Waals surface area contributed by atoms with Gasteiger partial charge < -0.3 is 19.5 Å². The summed E-state index contributed by atoms with van der Waals surface area (Å²) in [6.07, 6.45) is 4.30. The van der Waals surface area contributed by atoms with E-state index in [4.69, 9.17) is 14.2 Å². The van der Waals surface area contributed by atoms with Crippen molar-refractivity contribution in [2.45, 2.75) is 44.8 Å². The van der Waals surface area contributed by atoms with Gasteiger partial charge in [-0.05, 0) is 43.7 Å². The maximum Gasteiger partial charge on any atom is 0.255 e. The van der Waals surface area contributed by atoms with Crippen LogP contribution in [0.5, 0.6) is 5.75 Å². The third-order valence-electron chi connectivity index (χ3n) is 4.45. The van der Waals surface area contributed by atoms with Crippen LogP contribution in [0.2, 0.25) is 0 Å². The Kier molecular flexibility index (Phi) is 6.10. The fourth-order valence-corrected chi connectivity index (χ4v) is 2.83. The number of hydrogen-bond acceptors (Lipinski definition) is 4. The van der Waals surface area contributed by atoms with E-state index in [1.54, 1.807) is 6.07 Å². The van der Waals surface area contributed by atoms with E-state index in [9.17, 15) is 4.79 Å². The molecule has 1 aliphatic heterocycles. The normalized spacial score (nSPS) is 23.7. The number of hydrogen-bond donors (Lipinski definition) is 1. The maximum atomic E-state index is 12.7. The van der Waals surface area contributed by atoms with Crippen LogP contribution >= 0.6 is 0 Å². The van der Waals surface area contributed by atoms with E-state index in [0.29, 0.717) is 37.1 Å². The number of carbonyl (C=O) groups excluding carboxylic acids is 1. The molecule has 5 heteroatoms. The minimum absolute atomic E-state index is 0.0343. The highest BCUT2D eigenvalue weighted by Gasteiger charge is 2.31. The Morgan fingerprint density at radius 2 is 2.12 bits per heavy atom. The molecular weight excluding hydrogens is 306 g/mol. The van der Waals surface area contributed by atoms with Crippen LogP contribution in [0.4, 0.5) is 0 Å². The van der Waals surface area contributed by atoms with Gasteiger partial charge in [-0.25, -0.2) is 0 Å². The number of ether oxygens (including phenoxy) is 3. The van der Waals surface area contributed by atoms with E-state index in [-0.39, 0.29) is 18.1 Å². The molecule has 0 bridgehead atoms. The van der Waals surface area contributed by atoms with Crippen LogP contribution in [0.3, 0.4) is 0 Å². The Labute approximate surface area is 143 Å². The summed E-state index contributed by atoms with van der Waals surface area (Å²) in [6.45, 7) is 4.64. The van der Waals surface area contributed by atoms with Gasteiger partial charge in [0.15, 0.2) is 0 Å². The Balaban J connectivity index is 1.61. The van der Waals surface area contributed by atoms with E-state index < -0.39 is 0 Å². The summed E-state index contributed by atoms with van der Waals surface area (Å²) >= 11 is 0. The highest BCUT2D eigenvalue weighted by Crippen LogP contribution is 2.30. The first-order chi connectivity index (χ1) is 11.8. The molecule has 1 amide bonds. The van der Waals surface area contributed by atoms with E-state index in [2.05, 4.69) is 5.32 Å². The van der Waals surface area contributed by atoms with Gasteiger partial charge >= 0.3 is 0 Å². The lowest BCUT2D eigenvalue weighted by Gasteiger charge is -2.32. The first-order valence-electron chi connectivity index (χ1n) is 9.00. The lowest BCUT2D eigenvalue weighted by Crippen LogP contribution is -2.50. The molecule has 3 rings (SSSR count). The molecule has 1 aromatic carbocycles. The summed E-state index contributed by atoms with van der Waals surface area (Å²) < 4.78 is 17.3. The molecule has 0 aromatic heterocycles. The molecule has 0 radical (unpaired) electrons. The lowest BCUT2D eigenvalue weighted by atomic mass is 10.1. The number of amides is 1. The molecule has 132 valence electrons. The van der Waals surface area contributed by atoms with E-state index in [0.717, 1.165) is 19.4 Å². The van der Waals surface area contributed by atoms with Crippen LogP contribution in [0.15, 0.2) is 24.3 Å². The minimum Gasteiger partial charge on any atom is -0.493 e. The van der Waals surface area contributed by atoms with Crippen molar-refractivity contribution in [2.24, 2.45) is 5.92 Å². The molecule has 0 spiro atoms. The number of nitrogens with one attached hydrogen (secondary N) is 1. The second kappa shape index (κ2) is 8.49. The predicted octanol–water partition coefficient (Wildman–Crippen LogP) is 2.79. The van der Waals surface area contributed by atoms with Gasteiger partial charge in [-0.3, -0.25) is 4.79 Å². The molecule has 1 aliphatic carbocycles. The van der Waals surface area contributed by atoms with Gasteiger partial charge in [-0.1, -0.05) is 19.1 Å². The zero-order valence-corrected chi connectivity index (χ0v) is 14.3. The molecule has 1 heterocycles. The van der Waals surface area contributed by atoms with Crippen LogP contribution in [-0.2, 0) is 9.47 Å². The zero-order chi connectivity index (χ0) is 16.8. The molecule has 24 heavy (non-hydrogen) atoms. The van der Waals surface area contributed by atoms with E-state index in [1.807, 2.05) is 25.1 Å². The fraction of sp³-hybridized carbons (Fsp3) is 0.632. The average molecular weight is 333 g/mol. The summed E-state index contributed by atoms with van der Waals surface area (Å²) in [5.41, 5.74) is 0.567. The Bertz CT molecular complexity index is 544. The molecule has 1 saturated carbocycles. The van der Waals surface area contributed by atoms with Crippen LogP contribution in [0.25, 0.3) is 0 Å². The standard InChI is InChI=1S/C19H27NO4/c1-2-10-23-17-6-4-3-5-15(17)19(21)20-16-13-22-11-9-18(16)24-12-14-7-8-14/h3-6,14,16,18H,2,7-13H2,1H3,(H,20,21)/t16-,18+/m1/s1. The van der Waals surface area contributed by atoms with Crippen molar-refractivity contribution in [2.75, 3.05) is 26.4 Å². The third-order valence-corrected chi connectivity index (χ3v) is 4.45. The predicted molar refractivity (Wildman–Crippen MR) is 91.4 cm³/mol. The maximum absolute atomic E-state index is 12.7. The monoisotopic (exact) mass is 333 g/mol. The molecule has 1 aromatic rings. The second-order valence-corrected chi connectivity index (χ2v) is 6.60. The Morgan fingerprint density at radius 1 is 1.29 bits per heavy atom. The van der Waals surface area contributed by atoms with Crippen LogP contribution in [-0.4, -0.2) is 44.5 Å². The summed E-state index contributed by atoms with van der Waals surface area (Å²) in [7, 11) is 0. The summed E-state index contributed by atoms with van der Waals surface area (Å²) in [6, 6.07) is 7.26. The largest absolute Gasteiger partial charge is 0.493 e. The molecular formula is C19H27NO4. The molecule has 1 N–H and O–H groups in total. The van der Waals surface area contributed by atoms with Crippen molar-refractivity contribution < 1.29 is 19.0 Å². The molecule has 2 atom stereocenters. The molecule has 2 fully saturated rings. The number of carbonyl (C=O) groups is 1. The van der Waals surface area contributed by atoms with E-state index >= 15 is 0 Å². The quantitative estimate of drug-likeness (QED) is 0.795. The minimum atomic E-state index is -0.128. The SMILES string of the molecule is CCCOc1ccccc1C(=O)N[C@@H]1COCC[C@@H]1OCC1CC1. The Hall–Kier alpha value is -1.59. The highest BCUT2D eigenvalue weighted by atomic mass is 16.5. The van der Waals surface area contributed by atoms with Gasteiger partial charge in [0.1, 0.15) is 5.75 Å². The van der Waals surface area contributed by atoms with Crippen molar-refractivity contribution in [1.29, 1.82) is 0 Å². The van der Waals surface area contributed by atoms with Crippen molar-refractivity contribution in [3.05, 3.63) is 29.8 Å². The topological polar surface area (TPSA) is 56.8 Å². The first-order valence-corrected chi connectivity index (χ1v) is 9.00. The fourth-order valence-electron chi connectivity index (χ4n) is 2.83. The Morgan fingerprint density at radius 3 is 2.92 bits per heavy atom. The van der Waals surface area contributed by atoms with Gasteiger partial charge in [0.2, 0.25) is 0 Å². The van der Waals surface area contributed by atoms with E-state index in [1.165, 1.54) is 12.8 Å². The van der Waals surface area contributed by atoms with Gasteiger partial charge in [0.05, 0.1) is 30.9 Å². The first kappa shape index (κ1) is 17.2. The van der Waals surface area contributed by atoms with Gasteiger partial charge in [0, 0.05) is 13.2 Å². The van der Waals surface area contributed by atoms with Crippen LogP contribution in [0.1, 0.15) is 43.0 Å². The van der Waals surface area contributed by atoms with Crippen LogP contribution in [0, 0.1) is 5.92 Å². The molecule has 1 saturated heterocycles. The summed E-state index contributed by atoms with van der Waals surface area (Å²) in [4.78, 5) is 12.7. The average Bonchev–Trinajstić information content (AvgIpc) is 3.44. The van der Waals surface area contributed by atoms with Crippen molar-refractivity contribution in [3.63, 3.8) is 0 Å². The number of rotatable bonds is 8. The number of para-hydroxylation sites is 1. The zero-order valence-electron chi connectivity index (χ0n) is 14.3. The van der Waals surface area contributed by atoms with Crippen molar-refractivity contribution >= 4 is 5.91 Å². The summed E-state index contributed by atoms with van der Waals surface area (Å²) in [5, 5.41) is 3.08. The molecule has 2 aliphatic rings. The third kappa shape index (κ3) is 4.71. The smallest absolute Gasteiger partial charge is 0.255 e. The number of benzene rings is 1. The van der Waals surface area contributed by atoms with Crippen molar-refractivity contribution in [1.82, 2.24) is 5.32 Å².